The summed E-state index contributed by atoms with van der Waals surface area (Å²) in [6.45, 7) is 5.35. The summed E-state index contributed by atoms with van der Waals surface area (Å²) in [4.78, 5) is 2.42. The number of para-hydroxylation sites is 1. The number of rotatable bonds is 6. The molecule has 0 amide bonds. The van der Waals surface area contributed by atoms with Crippen LogP contribution in [-0.2, 0) is 6.54 Å². The van der Waals surface area contributed by atoms with Gasteiger partial charge in [0, 0.05) is 35.8 Å². The maximum atomic E-state index is 13.7. The fourth-order valence-electron chi connectivity index (χ4n) is 4.11. The van der Waals surface area contributed by atoms with Crippen LogP contribution >= 0.6 is 0 Å². The minimum atomic E-state index is -0.840. The van der Waals surface area contributed by atoms with Crippen molar-refractivity contribution in [2.24, 2.45) is 0 Å². The van der Waals surface area contributed by atoms with E-state index in [0.717, 1.165) is 49.5 Å². The van der Waals surface area contributed by atoms with Crippen LogP contribution in [0.5, 0.6) is 5.75 Å². The molecule has 152 valence electrons. The molecule has 1 fully saturated rings. The lowest BCUT2D eigenvalue weighted by atomic mass is 9.90. The number of nitrogens with zero attached hydrogens (tertiary/aromatic N) is 2. The van der Waals surface area contributed by atoms with Gasteiger partial charge < -0.3 is 4.74 Å². The van der Waals surface area contributed by atoms with Crippen LogP contribution in [0.25, 0.3) is 11.1 Å². The van der Waals surface area contributed by atoms with E-state index in [-0.39, 0.29) is 5.92 Å². The number of ether oxygens (including phenoxy) is 1. The van der Waals surface area contributed by atoms with Crippen molar-refractivity contribution in [3.05, 3.63) is 71.6 Å². The molecule has 1 aliphatic heterocycles. The van der Waals surface area contributed by atoms with E-state index in [1.165, 1.54) is 17.7 Å². The molecular formula is C23H25F2N3O. The van der Waals surface area contributed by atoms with E-state index in [1.54, 1.807) is 12.3 Å². The molecule has 6 heteroatoms. The van der Waals surface area contributed by atoms with Gasteiger partial charge in [-0.05, 0) is 50.1 Å². The Balaban J connectivity index is 1.53. The predicted octanol–water partition coefficient (Wildman–Crippen LogP) is 5.13. The molecule has 2 heterocycles. The maximum Gasteiger partial charge on any atom is 0.159 e. The number of likely N-dealkylation sites (tertiary alicyclic amines) is 1. The summed E-state index contributed by atoms with van der Waals surface area (Å²) in [5.74, 6) is -0.488. The Bertz CT molecular complexity index is 972. The lowest BCUT2D eigenvalue weighted by Crippen LogP contribution is -2.34. The van der Waals surface area contributed by atoms with Crippen LogP contribution in [0.2, 0.25) is 0 Å². The number of hydrogen-bond acceptors (Lipinski definition) is 3. The number of aromatic amines is 1. The first-order valence-corrected chi connectivity index (χ1v) is 10.1. The summed E-state index contributed by atoms with van der Waals surface area (Å²) < 4.78 is 32.8. The monoisotopic (exact) mass is 397 g/mol. The van der Waals surface area contributed by atoms with Crippen LogP contribution in [-0.4, -0.2) is 34.8 Å². The normalized spacial score (nSPS) is 17.4. The highest BCUT2D eigenvalue weighted by atomic mass is 19.2. The van der Waals surface area contributed by atoms with Crippen molar-refractivity contribution < 1.29 is 13.5 Å². The van der Waals surface area contributed by atoms with Crippen molar-refractivity contribution in [1.29, 1.82) is 0 Å². The second-order valence-corrected chi connectivity index (χ2v) is 7.44. The second-order valence-electron chi connectivity index (χ2n) is 7.44. The van der Waals surface area contributed by atoms with Gasteiger partial charge in [-0.25, -0.2) is 8.78 Å². The van der Waals surface area contributed by atoms with Gasteiger partial charge in [0.2, 0.25) is 0 Å². The van der Waals surface area contributed by atoms with Gasteiger partial charge in [-0.1, -0.05) is 24.3 Å². The summed E-state index contributed by atoms with van der Waals surface area (Å²) in [6.07, 6.45) is 3.80. The van der Waals surface area contributed by atoms with Gasteiger partial charge in [-0.15, -0.1) is 0 Å². The van der Waals surface area contributed by atoms with Crippen molar-refractivity contribution in [2.75, 3.05) is 19.7 Å². The summed E-state index contributed by atoms with van der Waals surface area (Å²) in [6, 6.07) is 12.2. The Morgan fingerprint density at radius 2 is 2.03 bits per heavy atom. The first kappa shape index (κ1) is 19.6. The van der Waals surface area contributed by atoms with E-state index in [1.807, 2.05) is 25.1 Å². The van der Waals surface area contributed by atoms with Gasteiger partial charge in [-0.2, -0.15) is 5.10 Å². The Labute approximate surface area is 169 Å². The summed E-state index contributed by atoms with van der Waals surface area (Å²) in [5.41, 5.74) is 3.65. The number of nitrogens with one attached hydrogen (secondary N) is 1. The van der Waals surface area contributed by atoms with Crippen LogP contribution in [0.4, 0.5) is 8.78 Å². The topological polar surface area (TPSA) is 41.1 Å². The largest absolute Gasteiger partial charge is 0.494 e. The number of aromatic nitrogens is 2. The average molecular weight is 397 g/mol. The van der Waals surface area contributed by atoms with Crippen LogP contribution < -0.4 is 4.74 Å². The Hall–Kier alpha value is -2.73. The fourth-order valence-corrected chi connectivity index (χ4v) is 4.11. The lowest BCUT2D eigenvalue weighted by Gasteiger charge is -2.33. The Morgan fingerprint density at radius 1 is 1.17 bits per heavy atom. The number of halogens is 2. The average Bonchev–Trinajstić information content (AvgIpc) is 3.22. The molecule has 1 aromatic heterocycles. The first-order valence-electron chi connectivity index (χ1n) is 10.1. The molecule has 2 aromatic carbocycles. The van der Waals surface area contributed by atoms with Crippen LogP contribution in [0.1, 0.15) is 36.9 Å². The Kier molecular flexibility index (Phi) is 5.90. The third-order valence-corrected chi connectivity index (χ3v) is 5.48. The second kappa shape index (κ2) is 8.74. The van der Waals surface area contributed by atoms with Gasteiger partial charge in [0.25, 0.3) is 0 Å². The van der Waals surface area contributed by atoms with Crippen molar-refractivity contribution in [3.8, 4) is 16.9 Å². The highest BCUT2D eigenvalue weighted by Crippen LogP contribution is 2.34. The van der Waals surface area contributed by atoms with Crippen molar-refractivity contribution in [1.82, 2.24) is 15.1 Å². The lowest BCUT2D eigenvalue weighted by molar-refractivity contribution is 0.195. The molecule has 1 atom stereocenters. The van der Waals surface area contributed by atoms with E-state index >= 15 is 0 Å². The van der Waals surface area contributed by atoms with Crippen LogP contribution in [0.3, 0.4) is 0 Å². The fraction of sp³-hybridized carbons (Fsp3) is 0.348. The number of hydrogen-bond donors (Lipinski definition) is 1. The minimum Gasteiger partial charge on any atom is -0.494 e. The molecule has 1 N–H and O–H groups in total. The van der Waals surface area contributed by atoms with Crippen molar-refractivity contribution in [2.45, 2.75) is 32.2 Å². The molecule has 3 aromatic rings. The molecule has 1 aliphatic rings. The SMILES string of the molecule is CCOc1ccccc1CN1CCC[C@H](c2[nH]ncc2-c2ccc(F)c(F)c2)C1. The molecule has 0 spiro atoms. The minimum absolute atomic E-state index is 0.258. The predicted molar refractivity (Wildman–Crippen MR) is 109 cm³/mol. The maximum absolute atomic E-state index is 13.7. The zero-order chi connectivity index (χ0) is 20.2. The zero-order valence-electron chi connectivity index (χ0n) is 16.5. The zero-order valence-corrected chi connectivity index (χ0v) is 16.5. The van der Waals surface area contributed by atoms with Gasteiger partial charge in [0.1, 0.15) is 5.75 Å². The van der Waals surface area contributed by atoms with Crippen LogP contribution in [0.15, 0.2) is 48.7 Å². The molecule has 0 bridgehead atoms. The molecule has 0 saturated carbocycles. The van der Waals surface area contributed by atoms with Gasteiger partial charge in [0.15, 0.2) is 11.6 Å². The van der Waals surface area contributed by atoms with E-state index in [9.17, 15) is 8.78 Å². The van der Waals surface area contributed by atoms with E-state index in [2.05, 4.69) is 21.2 Å². The van der Waals surface area contributed by atoms with E-state index in [4.69, 9.17) is 4.74 Å². The molecule has 4 nitrogen and oxygen atoms in total. The molecule has 0 unspecified atom stereocenters. The molecule has 0 radical (unpaired) electrons. The van der Waals surface area contributed by atoms with E-state index < -0.39 is 11.6 Å². The van der Waals surface area contributed by atoms with Crippen molar-refractivity contribution in [3.63, 3.8) is 0 Å². The van der Waals surface area contributed by atoms with Gasteiger partial charge in [0.05, 0.1) is 12.8 Å². The van der Waals surface area contributed by atoms with Gasteiger partial charge in [-0.3, -0.25) is 10.00 Å². The van der Waals surface area contributed by atoms with Crippen molar-refractivity contribution >= 4 is 0 Å². The molecule has 0 aliphatic carbocycles. The number of H-pyrrole nitrogens is 1. The molecule has 1 saturated heterocycles. The third-order valence-electron chi connectivity index (χ3n) is 5.48. The highest BCUT2D eigenvalue weighted by molar-refractivity contribution is 5.66. The quantitative estimate of drug-likeness (QED) is 0.627. The molecular weight excluding hydrogens is 372 g/mol. The third kappa shape index (κ3) is 4.32. The number of piperidine rings is 1. The van der Waals surface area contributed by atoms with E-state index in [0.29, 0.717) is 12.2 Å². The summed E-state index contributed by atoms with van der Waals surface area (Å²) >= 11 is 0. The smallest absolute Gasteiger partial charge is 0.159 e. The number of benzene rings is 2. The summed E-state index contributed by atoms with van der Waals surface area (Å²) in [7, 11) is 0. The van der Waals surface area contributed by atoms with Gasteiger partial charge >= 0.3 is 0 Å². The Morgan fingerprint density at radius 3 is 2.86 bits per heavy atom. The molecule has 29 heavy (non-hydrogen) atoms. The van der Waals surface area contributed by atoms with Crippen LogP contribution in [0, 0.1) is 11.6 Å². The standard InChI is InChI=1S/C23H25F2N3O/c1-2-29-22-8-4-3-6-17(22)14-28-11-5-7-18(15-28)23-19(13-26-27-23)16-9-10-20(24)21(25)12-16/h3-4,6,8-10,12-13,18H,2,5,7,11,14-15H2,1H3,(H,26,27)/t18-/m0/s1. The molecule has 4 rings (SSSR count). The summed E-state index contributed by atoms with van der Waals surface area (Å²) in [5, 5.41) is 7.30. The first-order chi connectivity index (χ1) is 14.2. The highest BCUT2D eigenvalue weighted by Gasteiger charge is 2.26.